The molecule has 0 aromatic heterocycles. The van der Waals surface area contributed by atoms with Crippen LogP contribution < -0.4 is 4.74 Å². The molecule has 6 fully saturated rings. The Morgan fingerprint density at radius 1 is 1.14 bits per heavy atom. The lowest BCUT2D eigenvalue weighted by atomic mass is 9.33. The smallest absolute Gasteiger partial charge is 0.165 e. The number of likely N-dealkylation sites (tertiary alicyclic amines) is 1. The number of nitrogens with zero attached hydrogens (tertiary/aromatic N) is 1. The van der Waals surface area contributed by atoms with Crippen molar-refractivity contribution in [3.63, 3.8) is 0 Å². The Hall–Kier alpha value is -1.01. The molecule has 4 bridgehead atoms. The van der Waals surface area contributed by atoms with Gasteiger partial charge in [-0.3, -0.25) is 4.90 Å². The zero-order valence-corrected chi connectivity index (χ0v) is 22.6. The Kier molecular flexibility index (Phi) is 5.05. The molecule has 6 aliphatic carbocycles. The first kappa shape index (κ1) is 24.1. The van der Waals surface area contributed by atoms with Crippen molar-refractivity contribution in [2.75, 3.05) is 20.2 Å². The quantitative estimate of drug-likeness (QED) is 0.579. The molecule has 6 heteroatoms. The highest BCUT2D eigenvalue weighted by Crippen LogP contribution is 2.78. The molecule has 0 amide bonds. The fraction of sp³-hybridized carbons (Fsp3) is 0.800. The molecular formula is C30H42ClNO4. The predicted molar refractivity (Wildman–Crippen MR) is 140 cm³/mol. The number of ether oxygens (including phenoxy) is 2. The van der Waals surface area contributed by atoms with Crippen LogP contribution in [0.4, 0.5) is 0 Å². The van der Waals surface area contributed by atoms with Crippen LogP contribution in [0.5, 0.6) is 11.5 Å². The number of aliphatic hydroxyl groups is 1. The van der Waals surface area contributed by atoms with E-state index in [2.05, 4.69) is 17.9 Å². The van der Waals surface area contributed by atoms with Crippen LogP contribution >= 0.6 is 12.4 Å². The molecule has 1 saturated heterocycles. The largest absolute Gasteiger partial charge is 0.504 e. The molecule has 5 nitrogen and oxygen atoms in total. The van der Waals surface area contributed by atoms with Crippen molar-refractivity contribution in [2.24, 2.45) is 23.2 Å². The third-order valence-corrected chi connectivity index (χ3v) is 12.8. The summed E-state index contributed by atoms with van der Waals surface area (Å²) < 4.78 is 13.5. The minimum Gasteiger partial charge on any atom is -0.504 e. The fourth-order valence-electron chi connectivity index (χ4n) is 10.7. The molecule has 2 spiro atoms. The Morgan fingerprint density at radius 3 is 2.58 bits per heavy atom. The Bertz CT molecular complexity index is 1080. The molecule has 2 N–H and O–H groups in total. The maximum Gasteiger partial charge on any atom is 0.165 e. The van der Waals surface area contributed by atoms with Gasteiger partial charge >= 0.3 is 0 Å². The third kappa shape index (κ3) is 2.51. The summed E-state index contributed by atoms with van der Waals surface area (Å²) in [6.07, 6.45) is 12.7. The molecule has 1 unspecified atom stereocenters. The van der Waals surface area contributed by atoms with Gasteiger partial charge in [0.1, 0.15) is 11.7 Å². The fourth-order valence-corrected chi connectivity index (χ4v) is 10.7. The van der Waals surface area contributed by atoms with Gasteiger partial charge in [-0.05, 0) is 94.7 Å². The molecule has 0 radical (unpaired) electrons. The van der Waals surface area contributed by atoms with Crippen LogP contribution in [-0.2, 0) is 16.6 Å². The lowest BCUT2D eigenvalue weighted by Gasteiger charge is -2.75. The summed E-state index contributed by atoms with van der Waals surface area (Å²) in [5.41, 5.74) is 1.39. The number of rotatable bonds is 5. The second-order valence-corrected chi connectivity index (χ2v) is 13.6. The predicted octanol–water partition coefficient (Wildman–Crippen LogP) is 4.98. The molecule has 2 heterocycles. The van der Waals surface area contributed by atoms with Crippen LogP contribution in [0, 0.1) is 23.2 Å². The average molecular weight is 516 g/mol. The molecule has 36 heavy (non-hydrogen) atoms. The average Bonchev–Trinajstić information content (AvgIpc) is 3.14. The maximum absolute atomic E-state index is 12.2. The summed E-state index contributed by atoms with van der Waals surface area (Å²) in [5.74, 6) is 2.28. The summed E-state index contributed by atoms with van der Waals surface area (Å²) >= 11 is 0. The highest BCUT2D eigenvalue weighted by molar-refractivity contribution is 5.85. The topological polar surface area (TPSA) is 62.2 Å². The summed E-state index contributed by atoms with van der Waals surface area (Å²) in [6, 6.07) is 4.52. The molecule has 198 valence electrons. The Balaban J connectivity index is 0.00000220. The molecule has 1 aromatic carbocycles. The van der Waals surface area contributed by atoms with Gasteiger partial charge in [0.15, 0.2) is 11.5 Å². The van der Waals surface area contributed by atoms with Crippen molar-refractivity contribution in [2.45, 2.75) is 106 Å². The van der Waals surface area contributed by atoms with Crippen LogP contribution in [-0.4, -0.2) is 58.7 Å². The molecule has 1 aromatic rings. The molecule has 5 saturated carbocycles. The number of benzene rings is 1. The first-order valence-corrected chi connectivity index (χ1v) is 14.4. The van der Waals surface area contributed by atoms with Crippen LogP contribution in [0.25, 0.3) is 0 Å². The number of piperidine rings is 1. The first-order chi connectivity index (χ1) is 16.9. The number of hydrogen-bond donors (Lipinski definition) is 2. The number of hydrogen-bond acceptors (Lipinski definition) is 5. The second kappa shape index (κ2) is 7.55. The number of phenols is 1. The van der Waals surface area contributed by atoms with Crippen molar-refractivity contribution in [1.82, 2.24) is 4.90 Å². The van der Waals surface area contributed by atoms with E-state index in [1.54, 1.807) is 0 Å². The van der Waals surface area contributed by atoms with Crippen molar-refractivity contribution in [3.8, 4) is 11.5 Å². The number of halogens is 1. The van der Waals surface area contributed by atoms with Gasteiger partial charge in [-0.2, -0.15) is 0 Å². The maximum atomic E-state index is 12.2. The summed E-state index contributed by atoms with van der Waals surface area (Å²) in [6.45, 7) is 4.45. The standard InChI is InChI=1S/C30H41NO4.ClH/c1-27(33,20-7-4-8-20)22-16-28-11-12-30(22,34-2)26-29(28)13-14-31(17-18-5-3-6-18)23(28)15-19-9-10-21(32)25(35-26)24(19)29;/h9-10,18,20,22-23,26,32-33H,3-8,11-17H2,1-2H3;1H/t22-,23?,26-,27+,28-,29+,30-;/m1./s1. The van der Waals surface area contributed by atoms with Gasteiger partial charge < -0.3 is 19.7 Å². The first-order valence-electron chi connectivity index (χ1n) is 14.4. The van der Waals surface area contributed by atoms with Crippen LogP contribution in [0.2, 0.25) is 0 Å². The van der Waals surface area contributed by atoms with Gasteiger partial charge in [-0.15, -0.1) is 12.4 Å². The number of aromatic hydroxyl groups is 1. The molecule has 7 atom stereocenters. The number of fused-ring (bicyclic) bond motifs is 2. The van der Waals surface area contributed by atoms with E-state index in [0.29, 0.717) is 12.0 Å². The second-order valence-electron chi connectivity index (χ2n) is 13.6. The van der Waals surface area contributed by atoms with Crippen molar-refractivity contribution < 1.29 is 19.7 Å². The van der Waals surface area contributed by atoms with E-state index in [-0.39, 0.29) is 41.0 Å². The molecule has 9 rings (SSSR count). The zero-order valence-electron chi connectivity index (χ0n) is 21.8. The van der Waals surface area contributed by atoms with Crippen LogP contribution in [0.1, 0.15) is 82.3 Å². The molecule has 8 aliphatic rings. The molecule has 2 aliphatic heterocycles. The number of phenolic OH excluding ortho intramolecular Hbond substituents is 1. The van der Waals surface area contributed by atoms with E-state index >= 15 is 0 Å². The van der Waals surface area contributed by atoms with E-state index in [0.717, 1.165) is 63.2 Å². The Morgan fingerprint density at radius 2 is 1.92 bits per heavy atom. The minimum absolute atomic E-state index is 0. The summed E-state index contributed by atoms with van der Waals surface area (Å²) in [7, 11) is 1.86. The van der Waals surface area contributed by atoms with Gasteiger partial charge in [0.05, 0.1) is 5.60 Å². The number of methoxy groups -OCH3 is 1. The van der Waals surface area contributed by atoms with Crippen molar-refractivity contribution >= 4 is 12.4 Å². The highest BCUT2D eigenvalue weighted by atomic mass is 35.5. The lowest BCUT2D eigenvalue weighted by molar-refractivity contribution is -0.310. The van der Waals surface area contributed by atoms with Gasteiger partial charge in [0.25, 0.3) is 0 Å². The van der Waals surface area contributed by atoms with Gasteiger partial charge in [0, 0.05) is 42.0 Å². The summed E-state index contributed by atoms with van der Waals surface area (Å²) in [5, 5.41) is 23.2. The van der Waals surface area contributed by atoms with Crippen LogP contribution in [0.3, 0.4) is 0 Å². The van der Waals surface area contributed by atoms with Crippen molar-refractivity contribution in [1.29, 1.82) is 0 Å². The minimum atomic E-state index is -0.753. The summed E-state index contributed by atoms with van der Waals surface area (Å²) in [4.78, 5) is 2.86. The lowest BCUT2D eigenvalue weighted by Crippen LogP contribution is -2.83. The SMILES string of the molecule is CO[C@]12CC[C@@]3(C[C@@H]1[C@@](C)(O)C1CCC1)C1Cc4ccc(O)c5c4[C@@]3(CCN1CC1CCC1)[C@H]2O5.Cl. The third-order valence-electron chi connectivity index (χ3n) is 12.8. The van der Waals surface area contributed by atoms with E-state index < -0.39 is 11.2 Å². The van der Waals surface area contributed by atoms with Crippen molar-refractivity contribution in [3.05, 3.63) is 23.3 Å². The van der Waals surface area contributed by atoms with Gasteiger partial charge in [0.2, 0.25) is 0 Å². The Labute approximate surface area is 221 Å². The zero-order chi connectivity index (χ0) is 23.8. The highest BCUT2D eigenvalue weighted by Gasteiger charge is 2.82. The monoisotopic (exact) mass is 515 g/mol. The van der Waals surface area contributed by atoms with E-state index in [9.17, 15) is 10.2 Å². The van der Waals surface area contributed by atoms with E-state index in [1.807, 2.05) is 13.2 Å². The molecular weight excluding hydrogens is 474 g/mol. The van der Waals surface area contributed by atoms with E-state index in [1.165, 1.54) is 43.4 Å². The van der Waals surface area contributed by atoms with Gasteiger partial charge in [-0.25, -0.2) is 0 Å². The normalized spacial score (nSPS) is 44.0. The van der Waals surface area contributed by atoms with Crippen LogP contribution in [0.15, 0.2) is 12.1 Å². The van der Waals surface area contributed by atoms with Gasteiger partial charge in [-0.1, -0.05) is 18.9 Å². The van der Waals surface area contributed by atoms with E-state index in [4.69, 9.17) is 9.47 Å².